The maximum Gasteiger partial charge on any atom is 0.234 e. The van der Waals surface area contributed by atoms with Crippen molar-refractivity contribution in [2.45, 2.75) is 6.17 Å². The van der Waals surface area contributed by atoms with E-state index < -0.39 is 0 Å². The summed E-state index contributed by atoms with van der Waals surface area (Å²) in [7, 11) is 0. The fraction of sp³-hybridized carbons (Fsp3) is 0.308. The number of aliphatic imine (C=N–C) groups is 1. The number of benzene rings is 1. The number of carbonyl (C=O) groups excluding carboxylic acids is 2. The van der Waals surface area contributed by atoms with Crippen LogP contribution in [0.3, 0.4) is 0 Å². The second-order valence-corrected chi connectivity index (χ2v) is 6.74. The monoisotopic (exact) mass is 373 g/mol. The first-order valence-electron chi connectivity index (χ1n) is 6.77. The number of hydrazine groups is 1. The molecule has 23 heavy (non-hydrogen) atoms. The molecule has 0 bridgehead atoms. The van der Waals surface area contributed by atoms with Crippen molar-refractivity contribution in [1.29, 1.82) is 0 Å². The standard InChI is InChI=1S/C13H13Cl2N5O2S/c14-8-2-1-6(3-9(8)15)17-10(21)5-23-13-18-11-7(4-16-20-11)12(22)19-13/h1-3,7,11,16,20H,4-5H2,(H,17,21)(H,18,19,22). The van der Waals surface area contributed by atoms with Gasteiger partial charge in [0, 0.05) is 12.2 Å². The number of nitrogens with one attached hydrogen (secondary N) is 4. The summed E-state index contributed by atoms with van der Waals surface area (Å²) in [6.07, 6.45) is -0.288. The Morgan fingerprint density at radius 3 is 3.00 bits per heavy atom. The van der Waals surface area contributed by atoms with Gasteiger partial charge in [-0.2, -0.15) is 0 Å². The van der Waals surface area contributed by atoms with E-state index in [-0.39, 0.29) is 29.7 Å². The van der Waals surface area contributed by atoms with Gasteiger partial charge < -0.3 is 10.6 Å². The van der Waals surface area contributed by atoms with E-state index >= 15 is 0 Å². The Hall–Kier alpha value is -1.32. The van der Waals surface area contributed by atoms with Gasteiger partial charge in [0.15, 0.2) is 5.17 Å². The van der Waals surface area contributed by atoms with Gasteiger partial charge in [-0.15, -0.1) is 0 Å². The molecular formula is C13H13Cl2N5O2S. The summed E-state index contributed by atoms with van der Waals surface area (Å²) < 4.78 is 0. The summed E-state index contributed by atoms with van der Waals surface area (Å²) in [5.41, 5.74) is 6.37. The van der Waals surface area contributed by atoms with Gasteiger partial charge in [0.2, 0.25) is 11.8 Å². The highest BCUT2D eigenvalue weighted by Gasteiger charge is 2.36. The molecule has 0 aliphatic carbocycles. The van der Waals surface area contributed by atoms with Crippen LogP contribution in [-0.4, -0.2) is 35.4 Å². The van der Waals surface area contributed by atoms with Crippen LogP contribution in [0.4, 0.5) is 5.69 Å². The van der Waals surface area contributed by atoms with E-state index in [0.717, 1.165) is 11.8 Å². The van der Waals surface area contributed by atoms with Crippen LogP contribution >= 0.6 is 35.0 Å². The van der Waals surface area contributed by atoms with Crippen molar-refractivity contribution in [2.24, 2.45) is 10.9 Å². The molecule has 2 heterocycles. The zero-order valence-electron chi connectivity index (χ0n) is 11.7. The average molecular weight is 374 g/mol. The van der Waals surface area contributed by atoms with E-state index in [9.17, 15) is 9.59 Å². The van der Waals surface area contributed by atoms with Gasteiger partial charge in [-0.25, -0.2) is 10.4 Å². The number of nitrogens with zero attached hydrogens (tertiary/aromatic N) is 1. The number of hydrogen-bond donors (Lipinski definition) is 4. The van der Waals surface area contributed by atoms with E-state index in [4.69, 9.17) is 23.2 Å². The molecule has 0 radical (unpaired) electrons. The van der Waals surface area contributed by atoms with Crippen molar-refractivity contribution < 1.29 is 9.59 Å². The lowest BCUT2D eigenvalue weighted by molar-refractivity contribution is -0.123. The van der Waals surface area contributed by atoms with Gasteiger partial charge in [0.05, 0.1) is 21.7 Å². The third-order valence-electron chi connectivity index (χ3n) is 3.32. The highest BCUT2D eigenvalue weighted by Crippen LogP contribution is 2.25. The molecule has 2 aliphatic heterocycles. The zero-order valence-corrected chi connectivity index (χ0v) is 14.1. The normalized spacial score (nSPS) is 23.0. The number of hydrogen-bond acceptors (Lipinski definition) is 6. The molecule has 4 N–H and O–H groups in total. The van der Waals surface area contributed by atoms with Crippen molar-refractivity contribution in [1.82, 2.24) is 16.2 Å². The Bertz CT molecular complexity index is 684. The Labute approximate surface area is 146 Å². The molecular weight excluding hydrogens is 361 g/mol. The molecule has 1 fully saturated rings. The topological polar surface area (TPSA) is 94.6 Å². The lowest BCUT2D eigenvalue weighted by Gasteiger charge is -2.21. The Kier molecular flexibility index (Phi) is 5.08. The molecule has 0 spiro atoms. The molecule has 122 valence electrons. The van der Waals surface area contributed by atoms with Gasteiger partial charge in [0.25, 0.3) is 0 Å². The van der Waals surface area contributed by atoms with Crippen molar-refractivity contribution in [2.75, 3.05) is 17.6 Å². The molecule has 2 unspecified atom stereocenters. The molecule has 3 rings (SSSR count). The molecule has 10 heteroatoms. The highest BCUT2D eigenvalue weighted by molar-refractivity contribution is 8.14. The second-order valence-electron chi connectivity index (χ2n) is 4.97. The minimum absolute atomic E-state index is 0.102. The molecule has 0 saturated carbocycles. The maximum absolute atomic E-state index is 12.0. The third-order valence-corrected chi connectivity index (χ3v) is 4.95. The number of fused-ring (bicyclic) bond motifs is 1. The van der Waals surface area contributed by atoms with Gasteiger partial charge >= 0.3 is 0 Å². The van der Waals surface area contributed by atoms with Crippen molar-refractivity contribution in [3.8, 4) is 0 Å². The molecule has 7 nitrogen and oxygen atoms in total. The average Bonchev–Trinajstić information content (AvgIpc) is 2.98. The summed E-state index contributed by atoms with van der Waals surface area (Å²) in [5.74, 6) is -0.436. The number of amidine groups is 1. The van der Waals surface area contributed by atoms with Crippen molar-refractivity contribution >= 4 is 57.6 Å². The summed E-state index contributed by atoms with van der Waals surface area (Å²) in [6.45, 7) is 0.537. The van der Waals surface area contributed by atoms with Gasteiger partial charge in [0.1, 0.15) is 6.17 Å². The molecule has 1 saturated heterocycles. The first-order valence-corrected chi connectivity index (χ1v) is 8.52. The predicted octanol–water partition coefficient (Wildman–Crippen LogP) is 1.20. The van der Waals surface area contributed by atoms with E-state index in [0.29, 0.717) is 27.4 Å². The SMILES string of the molecule is O=C(CSC1=NC2NNCC2C(=O)N1)Nc1ccc(Cl)c(Cl)c1. The summed E-state index contributed by atoms with van der Waals surface area (Å²) in [5, 5.41) is 6.62. The van der Waals surface area contributed by atoms with Crippen LogP contribution in [0.25, 0.3) is 0 Å². The molecule has 2 atom stereocenters. The van der Waals surface area contributed by atoms with Crippen LogP contribution < -0.4 is 21.5 Å². The van der Waals surface area contributed by atoms with E-state index in [1.54, 1.807) is 18.2 Å². The lowest BCUT2D eigenvalue weighted by atomic mass is 10.1. The Morgan fingerprint density at radius 1 is 1.39 bits per heavy atom. The minimum atomic E-state index is -0.288. The van der Waals surface area contributed by atoms with Crippen LogP contribution in [0.15, 0.2) is 23.2 Å². The van der Waals surface area contributed by atoms with E-state index in [1.807, 2.05) is 0 Å². The third kappa shape index (κ3) is 3.96. The van der Waals surface area contributed by atoms with Crippen LogP contribution in [0.5, 0.6) is 0 Å². The van der Waals surface area contributed by atoms with Gasteiger partial charge in [-0.1, -0.05) is 35.0 Å². The summed E-state index contributed by atoms with van der Waals surface area (Å²) in [6, 6.07) is 4.84. The Morgan fingerprint density at radius 2 is 2.22 bits per heavy atom. The van der Waals surface area contributed by atoms with Crippen LogP contribution in [0, 0.1) is 5.92 Å². The molecule has 2 amide bonds. The van der Waals surface area contributed by atoms with Crippen LogP contribution in [-0.2, 0) is 9.59 Å². The minimum Gasteiger partial charge on any atom is -0.325 e. The number of thioether (sulfide) groups is 1. The first-order chi connectivity index (χ1) is 11.0. The molecule has 2 aliphatic rings. The molecule has 0 aromatic heterocycles. The van der Waals surface area contributed by atoms with E-state index in [1.165, 1.54) is 0 Å². The van der Waals surface area contributed by atoms with Gasteiger partial charge in [-0.05, 0) is 18.2 Å². The van der Waals surface area contributed by atoms with Gasteiger partial charge in [-0.3, -0.25) is 15.0 Å². The number of anilines is 1. The quantitative estimate of drug-likeness (QED) is 0.638. The highest BCUT2D eigenvalue weighted by atomic mass is 35.5. The van der Waals surface area contributed by atoms with Crippen LogP contribution in [0.1, 0.15) is 0 Å². The smallest absolute Gasteiger partial charge is 0.234 e. The summed E-state index contributed by atoms with van der Waals surface area (Å²) >= 11 is 12.9. The predicted molar refractivity (Wildman–Crippen MR) is 91.5 cm³/mol. The fourth-order valence-corrected chi connectivity index (χ4v) is 3.18. The van der Waals surface area contributed by atoms with Crippen molar-refractivity contribution in [3.05, 3.63) is 28.2 Å². The number of carbonyl (C=O) groups is 2. The second kappa shape index (κ2) is 7.06. The fourth-order valence-electron chi connectivity index (χ4n) is 2.18. The first kappa shape index (κ1) is 16.5. The number of rotatable bonds is 3. The largest absolute Gasteiger partial charge is 0.325 e. The number of amides is 2. The Balaban J connectivity index is 1.54. The van der Waals surface area contributed by atoms with E-state index in [2.05, 4.69) is 26.5 Å². The lowest BCUT2D eigenvalue weighted by Crippen LogP contribution is -2.46. The van der Waals surface area contributed by atoms with Crippen molar-refractivity contribution in [3.63, 3.8) is 0 Å². The van der Waals surface area contributed by atoms with Crippen LogP contribution in [0.2, 0.25) is 10.0 Å². The zero-order chi connectivity index (χ0) is 16.4. The molecule has 1 aromatic carbocycles. The summed E-state index contributed by atoms with van der Waals surface area (Å²) in [4.78, 5) is 28.2. The number of halogens is 2. The molecule has 1 aromatic rings. The maximum atomic E-state index is 12.0.